The van der Waals surface area contributed by atoms with Gasteiger partial charge in [0.2, 0.25) is 5.91 Å². The Kier molecular flexibility index (Phi) is 4.57. The second-order valence-corrected chi connectivity index (χ2v) is 5.28. The minimum atomic E-state index is -0.123. The number of carbonyl (C=O) groups is 1. The number of amides is 1. The Hall–Kier alpha value is -2.08. The summed E-state index contributed by atoms with van der Waals surface area (Å²) in [5.74, 6) is 0.503. The Morgan fingerprint density at radius 2 is 2.25 bits per heavy atom. The number of thiazole rings is 1. The van der Waals surface area contributed by atoms with Gasteiger partial charge < -0.3 is 15.4 Å². The minimum Gasteiger partial charge on any atom is -0.494 e. The number of hydrogen-bond donors (Lipinski definition) is 2. The van der Waals surface area contributed by atoms with Crippen LogP contribution < -0.4 is 15.4 Å². The predicted octanol–water partition coefficient (Wildman–Crippen LogP) is 3.28. The summed E-state index contributed by atoms with van der Waals surface area (Å²) in [6, 6.07) is 5.76. The zero-order valence-electron chi connectivity index (χ0n) is 11.6. The Morgan fingerprint density at radius 3 is 2.85 bits per heavy atom. The maximum Gasteiger partial charge on any atom is 0.221 e. The molecule has 0 aliphatic carbocycles. The molecule has 0 spiro atoms. The normalized spacial score (nSPS) is 11.8. The summed E-state index contributed by atoms with van der Waals surface area (Å²) in [6.07, 6.45) is 1.85. The first kappa shape index (κ1) is 14.3. The summed E-state index contributed by atoms with van der Waals surface area (Å²) < 4.78 is 5.29. The number of benzene rings is 1. The largest absolute Gasteiger partial charge is 0.494 e. The highest BCUT2D eigenvalue weighted by atomic mass is 32.1. The van der Waals surface area contributed by atoms with Crippen LogP contribution in [0.25, 0.3) is 0 Å². The quantitative estimate of drug-likeness (QED) is 0.887. The van der Waals surface area contributed by atoms with Gasteiger partial charge in [0.15, 0.2) is 0 Å². The molecule has 6 heteroatoms. The van der Waals surface area contributed by atoms with Crippen molar-refractivity contribution in [1.82, 2.24) is 4.98 Å². The number of aromatic nitrogens is 1. The molecule has 0 saturated heterocycles. The van der Waals surface area contributed by atoms with Crippen LogP contribution >= 0.6 is 11.3 Å². The molecule has 0 radical (unpaired) electrons. The minimum absolute atomic E-state index is 0.123. The predicted molar refractivity (Wildman–Crippen MR) is 81.4 cm³/mol. The average Bonchev–Trinajstić information content (AvgIpc) is 2.94. The molecular formula is C14H17N3O2S. The molecule has 1 aromatic carbocycles. The lowest BCUT2D eigenvalue weighted by molar-refractivity contribution is -0.114. The van der Waals surface area contributed by atoms with Crippen molar-refractivity contribution >= 4 is 28.6 Å². The number of carbonyl (C=O) groups excluding carboxylic acids is 1. The average molecular weight is 291 g/mol. The third kappa shape index (κ3) is 3.48. The van der Waals surface area contributed by atoms with Crippen LogP contribution in [-0.2, 0) is 4.79 Å². The smallest absolute Gasteiger partial charge is 0.221 e. The number of hydrogen-bond acceptors (Lipinski definition) is 5. The molecule has 106 valence electrons. The van der Waals surface area contributed by atoms with Gasteiger partial charge in [-0.2, -0.15) is 0 Å². The maximum atomic E-state index is 11.1. The van der Waals surface area contributed by atoms with E-state index in [1.54, 1.807) is 18.4 Å². The van der Waals surface area contributed by atoms with Gasteiger partial charge in [-0.25, -0.2) is 0 Å². The molecule has 0 bridgehead atoms. The van der Waals surface area contributed by atoms with Crippen molar-refractivity contribution < 1.29 is 9.53 Å². The molecule has 1 heterocycles. The van der Waals surface area contributed by atoms with E-state index in [0.717, 1.165) is 10.6 Å². The molecule has 1 atom stereocenters. The molecule has 1 unspecified atom stereocenters. The van der Waals surface area contributed by atoms with E-state index in [9.17, 15) is 4.79 Å². The van der Waals surface area contributed by atoms with Crippen LogP contribution in [0.2, 0.25) is 0 Å². The lowest BCUT2D eigenvalue weighted by Gasteiger charge is -2.16. The molecule has 2 rings (SSSR count). The zero-order valence-corrected chi connectivity index (χ0v) is 12.5. The fourth-order valence-electron chi connectivity index (χ4n) is 1.83. The molecule has 2 N–H and O–H groups in total. The number of methoxy groups -OCH3 is 1. The van der Waals surface area contributed by atoms with Gasteiger partial charge in [0.05, 0.1) is 24.3 Å². The highest BCUT2D eigenvalue weighted by Crippen LogP contribution is 2.30. The van der Waals surface area contributed by atoms with Crippen molar-refractivity contribution in [3.8, 4) is 5.75 Å². The molecule has 0 saturated carbocycles. The fraction of sp³-hybridized carbons (Fsp3) is 0.286. The van der Waals surface area contributed by atoms with Crippen molar-refractivity contribution in [2.24, 2.45) is 0 Å². The van der Waals surface area contributed by atoms with Crippen molar-refractivity contribution in [3.05, 3.63) is 34.8 Å². The third-order valence-electron chi connectivity index (χ3n) is 2.77. The van der Waals surface area contributed by atoms with E-state index in [-0.39, 0.29) is 11.9 Å². The summed E-state index contributed by atoms with van der Waals surface area (Å²) >= 11 is 1.61. The van der Waals surface area contributed by atoms with Crippen LogP contribution in [0, 0.1) is 0 Å². The lowest BCUT2D eigenvalue weighted by atomic mass is 10.2. The number of nitrogens with one attached hydrogen (secondary N) is 2. The van der Waals surface area contributed by atoms with E-state index in [1.165, 1.54) is 6.92 Å². The fourth-order valence-corrected chi connectivity index (χ4v) is 2.46. The summed E-state index contributed by atoms with van der Waals surface area (Å²) in [7, 11) is 1.58. The van der Waals surface area contributed by atoms with Crippen LogP contribution in [0.5, 0.6) is 5.75 Å². The van der Waals surface area contributed by atoms with Gasteiger partial charge in [0.1, 0.15) is 5.75 Å². The molecular weight excluding hydrogens is 274 g/mol. The number of rotatable bonds is 5. The van der Waals surface area contributed by atoms with E-state index < -0.39 is 0 Å². The first-order valence-electron chi connectivity index (χ1n) is 6.20. The van der Waals surface area contributed by atoms with Gasteiger partial charge in [-0.1, -0.05) is 0 Å². The standard InChI is InChI=1S/C14H17N3O2S/c1-9(14-7-15-8-20-14)16-11-4-5-12(17-10(2)18)13(6-11)19-3/h4-9,16H,1-3H3,(H,17,18). The number of ether oxygens (including phenoxy) is 1. The highest BCUT2D eigenvalue weighted by Gasteiger charge is 2.10. The molecule has 20 heavy (non-hydrogen) atoms. The van der Waals surface area contributed by atoms with Crippen molar-refractivity contribution in [1.29, 1.82) is 0 Å². The van der Waals surface area contributed by atoms with Gasteiger partial charge in [-0.3, -0.25) is 9.78 Å². The van der Waals surface area contributed by atoms with E-state index >= 15 is 0 Å². The van der Waals surface area contributed by atoms with Crippen LogP contribution in [-0.4, -0.2) is 18.0 Å². The number of nitrogens with zero attached hydrogens (tertiary/aromatic N) is 1. The first-order chi connectivity index (χ1) is 9.60. The van der Waals surface area contributed by atoms with Crippen LogP contribution in [0.4, 0.5) is 11.4 Å². The zero-order chi connectivity index (χ0) is 14.5. The molecule has 0 aliphatic heterocycles. The molecule has 2 aromatic rings. The number of anilines is 2. The van der Waals surface area contributed by atoms with E-state index in [2.05, 4.69) is 22.5 Å². The van der Waals surface area contributed by atoms with E-state index in [0.29, 0.717) is 11.4 Å². The lowest BCUT2D eigenvalue weighted by Crippen LogP contribution is -2.08. The molecule has 1 aromatic heterocycles. The Morgan fingerprint density at radius 1 is 1.45 bits per heavy atom. The molecule has 0 fully saturated rings. The van der Waals surface area contributed by atoms with Crippen LogP contribution in [0.3, 0.4) is 0 Å². The molecule has 1 amide bonds. The molecule has 0 aliphatic rings. The second kappa shape index (κ2) is 6.38. The summed E-state index contributed by atoms with van der Waals surface area (Å²) in [4.78, 5) is 16.3. The van der Waals surface area contributed by atoms with Crippen LogP contribution in [0.1, 0.15) is 24.8 Å². The van der Waals surface area contributed by atoms with E-state index in [1.807, 2.05) is 29.9 Å². The Bertz CT molecular complexity index is 584. The summed E-state index contributed by atoms with van der Waals surface area (Å²) in [5.41, 5.74) is 3.40. The second-order valence-electron chi connectivity index (χ2n) is 4.37. The van der Waals surface area contributed by atoms with Gasteiger partial charge >= 0.3 is 0 Å². The van der Waals surface area contributed by atoms with E-state index in [4.69, 9.17) is 4.74 Å². The van der Waals surface area contributed by atoms with Gasteiger partial charge in [-0.05, 0) is 19.1 Å². The summed E-state index contributed by atoms with van der Waals surface area (Å²) in [5, 5.41) is 6.11. The SMILES string of the molecule is COc1cc(NC(C)c2cncs2)ccc1NC(C)=O. The van der Waals surface area contributed by atoms with Crippen molar-refractivity contribution in [2.75, 3.05) is 17.7 Å². The third-order valence-corrected chi connectivity index (χ3v) is 3.73. The highest BCUT2D eigenvalue weighted by molar-refractivity contribution is 7.09. The first-order valence-corrected chi connectivity index (χ1v) is 7.08. The Labute approximate surface area is 122 Å². The monoisotopic (exact) mass is 291 g/mol. The van der Waals surface area contributed by atoms with Gasteiger partial charge in [0.25, 0.3) is 0 Å². The van der Waals surface area contributed by atoms with Gasteiger partial charge in [-0.15, -0.1) is 11.3 Å². The molecule has 5 nitrogen and oxygen atoms in total. The maximum absolute atomic E-state index is 11.1. The van der Waals surface area contributed by atoms with Crippen molar-refractivity contribution in [2.45, 2.75) is 19.9 Å². The van der Waals surface area contributed by atoms with Crippen LogP contribution in [0.15, 0.2) is 29.9 Å². The van der Waals surface area contributed by atoms with Crippen molar-refractivity contribution in [3.63, 3.8) is 0 Å². The Balaban J connectivity index is 2.15. The summed E-state index contributed by atoms with van der Waals surface area (Å²) in [6.45, 7) is 3.54. The topological polar surface area (TPSA) is 63.2 Å². The van der Waals surface area contributed by atoms with Gasteiger partial charge in [0, 0.05) is 29.8 Å².